The smallest absolute Gasteiger partial charge is 0.0622 e. The maximum absolute atomic E-state index is 2.52. The topological polar surface area (TPSA) is 0 Å². The Morgan fingerprint density at radius 3 is 1.61 bits per heavy atom. The third-order valence-corrected chi connectivity index (χ3v) is 11.5. The maximum Gasteiger partial charge on any atom is 0.0720 e. The van der Waals surface area contributed by atoms with Crippen LogP contribution in [0.3, 0.4) is 0 Å². The molecular formula is C51H32. The maximum atomic E-state index is 2.52. The zero-order chi connectivity index (χ0) is 33.5. The van der Waals surface area contributed by atoms with E-state index in [2.05, 4.69) is 194 Å². The first-order chi connectivity index (χ1) is 25.3. The van der Waals surface area contributed by atoms with Crippen LogP contribution in [0.1, 0.15) is 22.3 Å². The van der Waals surface area contributed by atoms with Crippen molar-refractivity contribution in [3.63, 3.8) is 0 Å². The summed E-state index contributed by atoms with van der Waals surface area (Å²) in [6.45, 7) is 0. The lowest BCUT2D eigenvalue weighted by Crippen LogP contribution is -2.29. The van der Waals surface area contributed by atoms with E-state index in [0.29, 0.717) is 0 Å². The van der Waals surface area contributed by atoms with Crippen molar-refractivity contribution >= 4 is 43.1 Å². The van der Waals surface area contributed by atoms with Gasteiger partial charge in [-0.2, -0.15) is 0 Å². The molecule has 0 saturated heterocycles. The van der Waals surface area contributed by atoms with Gasteiger partial charge in [-0.25, -0.2) is 0 Å². The van der Waals surface area contributed by atoms with E-state index in [-0.39, 0.29) is 0 Å². The summed E-state index contributed by atoms with van der Waals surface area (Å²) in [6, 6.07) is 72.5. The third-order valence-electron chi connectivity index (χ3n) is 11.5. The highest BCUT2D eigenvalue weighted by Crippen LogP contribution is 2.61. The Bertz CT molecular complexity index is 2880. The van der Waals surface area contributed by atoms with Gasteiger partial charge in [0.05, 0.1) is 5.41 Å². The van der Waals surface area contributed by atoms with Gasteiger partial charge in [0.1, 0.15) is 0 Å². The van der Waals surface area contributed by atoms with Gasteiger partial charge in [-0.15, -0.1) is 0 Å². The second-order valence-electron chi connectivity index (χ2n) is 14.0. The highest BCUT2D eigenvalue weighted by molar-refractivity contribution is 6.25. The van der Waals surface area contributed by atoms with Gasteiger partial charge < -0.3 is 0 Å². The second kappa shape index (κ2) is 10.7. The molecule has 0 saturated carbocycles. The van der Waals surface area contributed by atoms with Gasteiger partial charge in [-0.1, -0.05) is 182 Å². The number of fused-ring (bicyclic) bond motifs is 5. The molecule has 10 aromatic carbocycles. The Kier molecular flexibility index (Phi) is 5.97. The summed E-state index contributed by atoms with van der Waals surface area (Å²) in [7, 11) is 0. The Morgan fingerprint density at radius 1 is 0.314 bits per heavy atom. The number of hydrogen-bond acceptors (Lipinski definition) is 0. The van der Waals surface area contributed by atoms with Crippen LogP contribution in [0.4, 0.5) is 0 Å². The van der Waals surface area contributed by atoms with Crippen LogP contribution >= 0.6 is 0 Å². The van der Waals surface area contributed by atoms with Gasteiger partial charge in [0.2, 0.25) is 0 Å². The van der Waals surface area contributed by atoms with Crippen LogP contribution in [0.5, 0.6) is 0 Å². The molecule has 236 valence electrons. The molecule has 0 amide bonds. The van der Waals surface area contributed by atoms with Crippen LogP contribution in [-0.4, -0.2) is 0 Å². The van der Waals surface area contributed by atoms with E-state index in [1.165, 1.54) is 98.7 Å². The quantitative estimate of drug-likeness (QED) is 0.167. The van der Waals surface area contributed by atoms with Crippen LogP contribution in [0, 0.1) is 0 Å². The summed E-state index contributed by atoms with van der Waals surface area (Å²) >= 11 is 0. The van der Waals surface area contributed by atoms with Crippen molar-refractivity contribution in [1.82, 2.24) is 0 Å². The van der Waals surface area contributed by atoms with E-state index in [0.717, 1.165) is 0 Å². The lowest BCUT2D eigenvalue weighted by molar-refractivity contribution is 0.771. The predicted molar refractivity (Wildman–Crippen MR) is 216 cm³/mol. The molecule has 1 aliphatic carbocycles. The van der Waals surface area contributed by atoms with Crippen molar-refractivity contribution in [2.24, 2.45) is 0 Å². The molecule has 10 aromatic rings. The molecule has 0 heteroatoms. The Hall–Kier alpha value is -6.50. The minimum atomic E-state index is -0.553. The molecular weight excluding hydrogens is 613 g/mol. The normalized spacial score (nSPS) is 13.3. The van der Waals surface area contributed by atoms with Crippen molar-refractivity contribution in [1.29, 1.82) is 0 Å². The van der Waals surface area contributed by atoms with Gasteiger partial charge >= 0.3 is 0 Å². The summed E-state index contributed by atoms with van der Waals surface area (Å²) < 4.78 is 0. The van der Waals surface area contributed by atoms with E-state index in [1.54, 1.807) is 0 Å². The molecule has 0 aromatic heterocycles. The van der Waals surface area contributed by atoms with Gasteiger partial charge in [0, 0.05) is 0 Å². The molecule has 0 bridgehead atoms. The van der Waals surface area contributed by atoms with Gasteiger partial charge in [0.25, 0.3) is 0 Å². The van der Waals surface area contributed by atoms with E-state index < -0.39 is 5.41 Å². The Labute approximate surface area is 297 Å². The van der Waals surface area contributed by atoms with Crippen molar-refractivity contribution in [2.75, 3.05) is 0 Å². The molecule has 0 radical (unpaired) electrons. The van der Waals surface area contributed by atoms with Gasteiger partial charge in [0.15, 0.2) is 0 Å². The lowest BCUT2D eigenvalue weighted by atomic mass is 9.65. The minimum Gasteiger partial charge on any atom is -0.0622 e. The highest BCUT2D eigenvalue weighted by Gasteiger charge is 2.48. The minimum absolute atomic E-state index is 0.553. The van der Waals surface area contributed by atoms with Crippen LogP contribution in [0.25, 0.3) is 76.5 Å². The first kappa shape index (κ1) is 28.3. The monoisotopic (exact) mass is 644 g/mol. The van der Waals surface area contributed by atoms with E-state index in [1.807, 2.05) is 0 Å². The largest absolute Gasteiger partial charge is 0.0720 e. The van der Waals surface area contributed by atoms with Crippen LogP contribution < -0.4 is 0 Å². The van der Waals surface area contributed by atoms with Gasteiger partial charge in [-0.3, -0.25) is 0 Å². The van der Waals surface area contributed by atoms with Gasteiger partial charge in [-0.05, 0) is 111 Å². The molecule has 0 unspecified atom stereocenters. The molecule has 1 aliphatic rings. The zero-order valence-electron chi connectivity index (χ0n) is 28.0. The lowest BCUT2D eigenvalue weighted by Gasteiger charge is -2.35. The summed E-state index contributed by atoms with van der Waals surface area (Å²) in [4.78, 5) is 0. The predicted octanol–water partition coefficient (Wildman–Crippen LogP) is 13.4. The number of hydrogen-bond donors (Lipinski definition) is 0. The fourth-order valence-electron chi connectivity index (χ4n) is 9.37. The van der Waals surface area contributed by atoms with E-state index in [4.69, 9.17) is 0 Å². The van der Waals surface area contributed by atoms with Crippen LogP contribution in [-0.2, 0) is 5.41 Å². The van der Waals surface area contributed by atoms with E-state index in [9.17, 15) is 0 Å². The van der Waals surface area contributed by atoms with Crippen LogP contribution in [0.15, 0.2) is 194 Å². The molecule has 11 rings (SSSR count). The molecule has 51 heavy (non-hydrogen) atoms. The fraction of sp³-hybridized carbons (Fsp3) is 0.0196. The standard InChI is InChI=1S/C51H32/c1-4-13-33(14-5-1)45-31-37-15-10-11-22-42(37)49-44-30-27-38(41-28-25-36-24-23-34-16-12-17-35-26-29-43(41)48(36)47(34)35)32-46(44)51(50(45)49,39-18-6-2-7-19-39)40-20-8-3-9-21-40/h1-32H. The first-order valence-corrected chi connectivity index (χ1v) is 17.9. The number of rotatable bonds is 4. The van der Waals surface area contributed by atoms with Crippen molar-refractivity contribution in [3.8, 4) is 33.4 Å². The molecule has 0 aliphatic heterocycles. The molecule has 0 nitrogen and oxygen atoms in total. The van der Waals surface area contributed by atoms with Crippen molar-refractivity contribution < 1.29 is 0 Å². The third kappa shape index (κ3) is 3.91. The second-order valence-corrected chi connectivity index (χ2v) is 14.0. The summed E-state index contributed by atoms with van der Waals surface area (Å²) in [6.07, 6.45) is 0. The summed E-state index contributed by atoms with van der Waals surface area (Å²) in [5.41, 5.74) is 12.3. The van der Waals surface area contributed by atoms with Crippen LogP contribution in [0.2, 0.25) is 0 Å². The molecule has 0 heterocycles. The molecule has 0 fully saturated rings. The Morgan fingerprint density at radius 2 is 0.882 bits per heavy atom. The summed E-state index contributed by atoms with van der Waals surface area (Å²) in [5, 5.41) is 10.4. The molecule has 0 N–H and O–H groups in total. The summed E-state index contributed by atoms with van der Waals surface area (Å²) in [5.74, 6) is 0. The molecule has 0 spiro atoms. The van der Waals surface area contributed by atoms with E-state index >= 15 is 0 Å². The highest BCUT2D eigenvalue weighted by atomic mass is 14.5. The number of benzene rings is 10. The zero-order valence-corrected chi connectivity index (χ0v) is 28.0. The fourth-order valence-corrected chi connectivity index (χ4v) is 9.37. The van der Waals surface area contributed by atoms with Crippen molar-refractivity contribution in [2.45, 2.75) is 5.41 Å². The first-order valence-electron chi connectivity index (χ1n) is 17.9. The SMILES string of the molecule is c1ccc(-c2cc3ccccc3c3c2C(c2ccccc2)(c2ccccc2)c2cc(-c4ccc5ccc6cccc7ccc4c5c67)ccc2-3)cc1. The average Bonchev–Trinajstić information content (AvgIpc) is 3.52. The average molecular weight is 645 g/mol. The Balaban J connectivity index is 1.30. The van der Waals surface area contributed by atoms with Crippen molar-refractivity contribution in [3.05, 3.63) is 216 Å². The molecule has 0 atom stereocenters.